The molecule has 104 valence electrons. The lowest BCUT2D eigenvalue weighted by molar-refractivity contribution is 0.112. The van der Waals surface area contributed by atoms with Gasteiger partial charge in [0, 0.05) is 4.88 Å². The maximum atomic E-state index is 10.7. The molecule has 0 amide bonds. The van der Waals surface area contributed by atoms with Crippen molar-refractivity contribution in [3.05, 3.63) is 77.2 Å². The van der Waals surface area contributed by atoms with Gasteiger partial charge in [-0.2, -0.15) is 0 Å². The quantitative estimate of drug-likeness (QED) is 0.631. The Morgan fingerprint density at radius 1 is 0.905 bits per heavy atom. The second-order valence-corrected chi connectivity index (χ2v) is 5.73. The lowest BCUT2D eigenvalue weighted by Gasteiger charge is -2.06. The van der Waals surface area contributed by atoms with Gasteiger partial charge in [-0.3, -0.25) is 4.79 Å². The number of benzene rings is 2. The lowest BCUT2D eigenvalue weighted by atomic mass is 10.2. The number of carbonyl (C=O) groups excluding carboxylic acids is 1. The van der Waals surface area contributed by atoms with Gasteiger partial charge in [-0.15, -0.1) is 11.3 Å². The van der Waals surface area contributed by atoms with E-state index in [9.17, 15) is 4.79 Å². The Morgan fingerprint density at radius 2 is 1.67 bits per heavy atom. The molecule has 0 fully saturated rings. The van der Waals surface area contributed by atoms with Crippen LogP contribution in [0.25, 0.3) is 10.4 Å². The second-order valence-electron chi connectivity index (χ2n) is 4.62. The fourth-order valence-electron chi connectivity index (χ4n) is 2.03. The van der Waals surface area contributed by atoms with Gasteiger partial charge >= 0.3 is 0 Å². The number of carbonyl (C=O) groups is 1. The predicted molar refractivity (Wildman–Crippen MR) is 85.9 cm³/mol. The highest BCUT2D eigenvalue weighted by molar-refractivity contribution is 7.17. The van der Waals surface area contributed by atoms with Crippen LogP contribution in [0, 0.1) is 0 Å². The molecule has 3 heteroatoms. The molecule has 2 nitrogen and oxygen atoms in total. The molecule has 0 atom stereocenters. The second kappa shape index (κ2) is 6.37. The summed E-state index contributed by atoms with van der Waals surface area (Å²) in [6.45, 7) is 0.564. The van der Waals surface area contributed by atoms with Crippen LogP contribution in [0.4, 0.5) is 0 Å². The molecule has 3 rings (SSSR count). The fraction of sp³-hybridized carbons (Fsp3) is 0.0556. The molecule has 1 heterocycles. The van der Waals surface area contributed by atoms with Gasteiger partial charge in [-0.1, -0.05) is 30.3 Å². The fourth-order valence-corrected chi connectivity index (χ4v) is 2.86. The summed E-state index contributed by atoms with van der Waals surface area (Å²) in [6.07, 6.45) is 0.880. The number of hydrogen-bond acceptors (Lipinski definition) is 3. The van der Waals surface area contributed by atoms with E-state index in [1.807, 2.05) is 66.7 Å². The number of thiophene rings is 1. The first-order chi connectivity index (χ1) is 10.3. The van der Waals surface area contributed by atoms with Crippen LogP contribution in [-0.2, 0) is 6.61 Å². The Morgan fingerprint density at radius 3 is 2.33 bits per heavy atom. The van der Waals surface area contributed by atoms with Crippen molar-refractivity contribution < 1.29 is 9.53 Å². The monoisotopic (exact) mass is 294 g/mol. The van der Waals surface area contributed by atoms with Gasteiger partial charge in [0.2, 0.25) is 0 Å². The van der Waals surface area contributed by atoms with E-state index in [4.69, 9.17) is 4.74 Å². The highest BCUT2D eigenvalue weighted by atomic mass is 32.1. The van der Waals surface area contributed by atoms with Crippen LogP contribution in [0.15, 0.2) is 66.7 Å². The molecule has 0 spiro atoms. The smallest absolute Gasteiger partial charge is 0.160 e. The minimum Gasteiger partial charge on any atom is -0.489 e. The van der Waals surface area contributed by atoms with Crippen molar-refractivity contribution >= 4 is 17.6 Å². The zero-order valence-corrected chi connectivity index (χ0v) is 12.2. The van der Waals surface area contributed by atoms with Crippen LogP contribution in [0.5, 0.6) is 5.75 Å². The maximum absolute atomic E-state index is 10.7. The van der Waals surface area contributed by atoms with E-state index < -0.39 is 0 Å². The number of rotatable bonds is 5. The summed E-state index contributed by atoms with van der Waals surface area (Å²) in [5.41, 5.74) is 2.25. The predicted octanol–water partition coefficient (Wildman–Crippen LogP) is 4.81. The first kappa shape index (κ1) is 13.6. The molecule has 1 aromatic heterocycles. The van der Waals surface area contributed by atoms with Gasteiger partial charge in [-0.25, -0.2) is 0 Å². The van der Waals surface area contributed by atoms with Gasteiger partial charge in [0.25, 0.3) is 0 Å². The third kappa shape index (κ3) is 3.38. The highest BCUT2D eigenvalue weighted by Crippen LogP contribution is 2.28. The molecule has 0 saturated carbocycles. The van der Waals surface area contributed by atoms with Gasteiger partial charge in [0.1, 0.15) is 12.4 Å². The van der Waals surface area contributed by atoms with Crippen LogP contribution >= 0.6 is 11.3 Å². The minimum absolute atomic E-state index is 0.564. The Labute approximate surface area is 127 Å². The van der Waals surface area contributed by atoms with Crippen LogP contribution < -0.4 is 4.74 Å². The lowest BCUT2D eigenvalue weighted by Crippen LogP contribution is -1.94. The van der Waals surface area contributed by atoms with Crippen molar-refractivity contribution in [2.24, 2.45) is 0 Å². The highest BCUT2D eigenvalue weighted by Gasteiger charge is 2.03. The molecule has 0 N–H and O–H groups in total. The van der Waals surface area contributed by atoms with Gasteiger partial charge in [-0.05, 0) is 47.5 Å². The first-order valence-corrected chi connectivity index (χ1v) is 7.49. The number of ether oxygens (including phenoxy) is 1. The Kier molecular flexibility index (Phi) is 4.12. The summed E-state index contributed by atoms with van der Waals surface area (Å²) in [5.74, 6) is 0.842. The van der Waals surface area contributed by atoms with Crippen LogP contribution in [0.2, 0.25) is 0 Å². The van der Waals surface area contributed by atoms with E-state index in [1.165, 1.54) is 11.3 Å². The van der Waals surface area contributed by atoms with Crippen molar-refractivity contribution in [3.63, 3.8) is 0 Å². The molecule has 0 aliphatic rings. The van der Waals surface area contributed by atoms with Gasteiger partial charge < -0.3 is 4.74 Å². The van der Waals surface area contributed by atoms with Crippen molar-refractivity contribution in [1.82, 2.24) is 0 Å². The summed E-state index contributed by atoms with van der Waals surface area (Å²) in [7, 11) is 0. The van der Waals surface area contributed by atoms with Crippen LogP contribution in [0.3, 0.4) is 0 Å². The van der Waals surface area contributed by atoms with Crippen molar-refractivity contribution in [1.29, 1.82) is 0 Å². The zero-order valence-electron chi connectivity index (χ0n) is 11.4. The summed E-state index contributed by atoms with van der Waals surface area (Å²) >= 11 is 1.49. The molecule has 0 saturated heterocycles. The van der Waals surface area contributed by atoms with Crippen molar-refractivity contribution in [2.45, 2.75) is 6.61 Å². The average molecular weight is 294 g/mol. The van der Waals surface area contributed by atoms with Gasteiger partial charge in [0.15, 0.2) is 6.29 Å². The van der Waals surface area contributed by atoms with E-state index in [0.717, 1.165) is 32.9 Å². The maximum Gasteiger partial charge on any atom is 0.160 e. The molecule has 0 radical (unpaired) electrons. The molecular weight excluding hydrogens is 280 g/mol. The number of hydrogen-bond donors (Lipinski definition) is 0. The summed E-state index contributed by atoms with van der Waals surface area (Å²) in [4.78, 5) is 12.5. The summed E-state index contributed by atoms with van der Waals surface area (Å²) in [5, 5.41) is 0. The first-order valence-electron chi connectivity index (χ1n) is 6.67. The molecule has 0 aliphatic carbocycles. The molecule has 3 aromatic rings. The van der Waals surface area contributed by atoms with Crippen molar-refractivity contribution in [3.8, 4) is 16.2 Å². The SMILES string of the molecule is O=Cc1ccc(-c2ccc(OCc3ccccc3)cc2)s1. The van der Waals surface area contributed by atoms with Crippen LogP contribution in [-0.4, -0.2) is 6.29 Å². The molecule has 21 heavy (non-hydrogen) atoms. The third-order valence-corrected chi connectivity index (χ3v) is 4.19. The standard InChI is InChI=1S/C18H14O2S/c19-12-17-10-11-18(21-17)15-6-8-16(9-7-15)20-13-14-4-2-1-3-5-14/h1-12H,13H2. The topological polar surface area (TPSA) is 26.3 Å². The summed E-state index contributed by atoms with van der Waals surface area (Å²) < 4.78 is 5.76. The Hall–Kier alpha value is -2.39. The molecule has 0 unspecified atom stereocenters. The molecule has 0 bridgehead atoms. The number of aldehydes is 1. The molecule has 0 aliphatic heterocycles. The third-order valence-electron chi connectivity index (χ3n) is 3.13. The minimum atomic E-state index is 0.564. The van der Waals surface area contributed by atoms with E-state index in [0.29, 0.717) is 6.61 Å². The average Bonchev–Trinajstić information content (AvgIpc) is 3.03. The van der Waals surface area contributed by atoms with E-state index >= 15 is 0 Å². The Bertz CT molecular complexity index is 714. The zero-order chi connectivity index (χ0) is 14.5. The van der Waals surface area contributed by atoms with Crippen LogP contribution in [0.1, 0.15) is 15.2 Å². The van der Waals surface area contributed by atoms with E-state index in [-0.39, 0.29) is 0 Å². The van der Waals surface area contributed by atoms with E-state index in [2.05, 4.69) is 0 Å². The van der Waals surface area contributed by atoms with E-state index in [1.54, 1.807) is 0 Å². The Balaban J connectivity index is 1.68. The largest absolute Gasteiger partial charge is 0.489 e. The molecule has 2 aromatic carbocycles. The van der Waals surface area contributed by atoms with Gasteiger partial charge in [0.05, 0.1) is 4.88 Å². The van der Waals surface area contributed by atoms with Crippen molar-refractivity contribution in [2.75, 3.05) is 0 Å². The summed E-state index contributed by atoms with van der Waals surface area (Å²) in [6, 6.07) is 21.8. The normalized spacial score (nSPS) is 10.3. The molecular formula is C18H14O2S.